The second-order valence-electron chi connectivity index (χ2n) is 5.61. The molecule has 0 aliphatic carbocycles. The standard InChI is InChI=1S/C18H15BrFN5O2/c19-14-7-6-13(8-15(14)20)17(27)23-18-22-11-25(24-18)10-16(26)21-9-12-4-2-1-3-5-12/h1-8,11H,9-10H2,(H,21,26)(H,23,24,27). The number of amides is 2. The van der Waals surface area contributed by atoms with Gasteiger partial charge < -0.3 is 5.32 Å². The van der Waals surface area contributed by atoms with Crippen LogP contribution >= 0.6 is 15.9 Å². The van der Waals surface area contributed by atoms with Crippen LogP contribution in [0.4, 0.5) is 10.3 Å². The van der Waals surface area contributed by atoms with Gasteiger partial charge in [-0.3, -0.25) is 14.9 Å². The molecule has 0 radical (unpaired) electrons. The molecule has 0 aliphatic rings. The van der Waals surface area contributed by atoms with Gasteiger partial charge in [-0.2, -0.15) is 0 Å². The van der Waals surface area contributed by atoms with E-state index in [1.807, 2.05) is 30.3 Å². The Morgan fingerprint density at radius 1 is 1.15 bits per heavy atom. The van der Waals surface area contributed by atoms with Crippen molar-refractivity contribution < 1.29 is 14.0 Å². The molecule has 27 heavy (non-hydrogen) atoms. The topological polar surface area (TPSA) is 88.9 Å². The largest absolute Gasteiger partial charge is 0.350 e. The fraction of sp³-hybridized carbons (Fsp3) is 0.111. The lowest BCUT2D eigenvalue weighted by Gasteiger charge is -2.05. The van der Waals surface area contributed by atoms with Crippen molar-refractivity contribution >= 4 is 33.7 Å². The molecule has 2 aromatic carbocycles. The average Bonchev–Trinajstić information content (AvgIpc) is 3.09. The maximum Gasteiger partial charge on any atom is 0.258 e. The summed E-state index contributed by atoms with van der Waals surface area (Å²) in [6.07, 6.45) is 1.33. The lowest BCUT2D eigenvalue weighted by molar-refractivity contribution is -0.122. The third kappa shape index (κ3) is 5.20. The van der Waals surface area contributed by atoms with Crippen LogP contribution in [0.1, 0.15) is 15.9 Å². The Balaban J connectivity index is 1.54. The van der Waals surface area contributed by atoms with Crippen molar-refractivity contribution in [1.82, 2.24) is 20.1 Å². The van der Waals surface area contributed by atoms with Crippen molar-refractivity contribution in [2.24, 2.45) is 0 Å². The lowest BCUT2D eigenvalue weighted by atomic mass is 10.2. The summed E-state index contributed by atoms with van der Waals surface area (Å²) < 4.78 is 15.1. The molecule has 0 atom stereocenters. The minimum absolute atomic E-state index is 0.0270. The number of halogens is 2. The van der Waals surface area contributed by atoms with Crippen LogP contribution in [0.3, 0.4) is 0 Å². The van der Waals surface area contributed by atoms with Crippen molar-refractivity contribution in [1.29, 1.82) is 0 Å². The highest BCUT2D eigenvalue weighted by Gasteiger charge is 2.12. The predicted octanol–water partition coefficient (Wildman–Crippen LogP) is 2.75. The van der Waals surface area contributed by atoms with E-state index in [9.17, 15) is 14.0 Å². The van der Waals surface area contributed by atoms with Crippen LogP contribution in [-0.2, 0) is 17.9 Å². The van der Waals surface area contributed by atoms with Gasteiger partial charge in [0.15, 0.2) is 0 Å². The van der Waals surface area contributed by atoms with Crippen LogP contribution in [0.25, 0.3) is 0 Å². The van der Waals surface area contributed by atoms with Gasteiger partial charge in [0.2, 0.25) is 11.9 Å². The Kier molecular flexibility index (Phi) is 5.92. The van der Waals surface area contributed by atoms with Crippen LogP contribution in [0, 0.1) is 5.82 Å². The first-order valence-corrected chi connectivity index (χ1v) is 8.77. The van der Waals surface area contributed by atoms with Crippen molar-refractivity contribution in [3.05, 3.63) is 76.3 Å². The zero-order valence-electron chi connectivity index (χ0n) is 14.0. The summed E-state index contributed by atoms with van der Waals surface area (Å²) in [5.74, 6) is -1.31. The summed E-state index contributed by atoms with van der Waals surface area (Å²) in [4.78, 5) is 28.0. The van der Waals surface area contributed by atoms with Gasteiger partial charge in [-0.15, -0.1) is 5.10 Å². The summed E-state index contributed by atoms with van der Waals surface area (Å²) in [5, 5.41) is 9.25. The number of anilines is 1. The van der Waals surface area contributed by atoms with Gasteiger partial charge in [0, 0.05) is 12.1 Å². The van der Waals surface area contributed by atoms with E-state index in [1.165, 1.54) is 23.1 Å². The molecule has 0 fully saturated rings. The highest BCUT2D eigenvalue weighted by Crippen LogP contribution is 2.16. The molecule has 0 unspecified atom stereocenters. The normalized spacial score (nSPS) is 10.4. The number of hydrogen-bond acceptors (Lipinski definition) is 4. The van der Waals surface area contributed by atoms with Gasteiger partial charge in [-0.05, 0) is 39.7 Å². The van der Waals surface area contributed by atoms with E-state index in [0.29, 0.717) is 6.54 Å². The Hall–Kier alpha value is -3.07. The summed E-state index contributed by atoms with van der Waals surface area (Å²) >= 11 is 3.03. The number of nitrogens with zero attached hydrogens (tertiary/aromatic N) is 3. The SMILES string of the molecule is O=C(Cn1cnc(NC(=O)c2ccc(Br)c(F)c2)n1)NCc1ccccc1. The number of carbonyl (C=O) groups is 2. The van der Waals surface area contributed by atoms with Gasteiger partial charge in [-0.1, -0.05) is 30.3 Å². The van der Waals surface area contributed by atoms with E-state index in [0.717, 1.165) is 11.6 Å². The minimum Gasteiger partial charge on any atom is -0.350 e. The van der Waals surface area contributed by atoms with Crippen LogP contribution in [0.15, 0.2) is 59.3 Å². The second-order valence-corrected chi connectivity index (χ2v) is 6.47. The lowest BCUT2D eigenvalue weighted by Crippen LogP contribution is -2.27. The fourth-order valence-corrected chi connectivity index (χ4v) is 2.49. The van der Waals surface area contributed by atoms with Gasteiger partial charge in [0.25, 0.3) is 5.91 Å². The molecule has 3 rings (SSSR count). The van der Waals surface area contributed by atoms with Crippen molar-refractivity contribution in [3.63, 3.8) is 0 Å². The smallest absolute Gasteiger partial charge is 0.258 e. The quantitative estimate of drug-likeness (QED) is 0.627. The van der Waals surface area contributed by atoms with E-state index in [-0.39, 0.29) is 28.4 Å². The molecule has 1 heterocycles. The van der Waals surface area contributed by atoms with E-state index >= 15 is 0 Å². The molecule has 9 heteroatoms. The van der Waals surface area contributed by atoms with E-state index in [4.69, 9.17) is 0 Å². The highest BCUT2D eigenvalue weighted by molar-refractivity contribution is 9.10. The molecule has 0 saturated carbocycles. The second kappa shape index (κ2) is 8.54. The summed E-state index contributed by atoms with van der Waals surface area (Å²) in [5.41, 5.74) is 1.12. The molecule has 138 valence electrons. The summed E-state index contributed by atoms with van der Waals surface area (Å²) in [6, 6.07) is 13.5. The first-order valence-electron chi connectivity index (χ1n) is 7.98. The number of hydrogen-bond donors (Lipinski definition) is 2. The molecule has 0 spiro atoms. The molecular formula is C18H15BrFN5O2. The average molecular weight is 432 g/mol. The third-order valence-corrected chi connectivity index (χ3v) is 4.22. The molecule has 3 aromatic rings. The Morgan fingerprint density at radius 2 is 1.93 bits per heavy atom. The maximum absolute atomic E-state index is 13.5. The Morgan fingerprint density at radius 3 is 2.67 bits per heavy atom. The van der Waals surface area contributed by atoms with Crippen LogP contribution in [0.2, 0.25) is 0 Å². The Labute approximate surface area is 162 Å². The van der Waals surface area contributed by atoms with E-state index in [2.05, 4.69) is 36.6 Å². The van der Waals surface area contributed by atoms with Crippen LogP contribution in [0.5, 0.6) is 0 Å². The highest BCUT2D eigenvalue weighted by atomic mass is 79.9. The zero-order valence-corrected chi connectivity index (χ0v) is 15.6. The van der Waals surface area contributed by atoms with Gasteiger partial charge in [0.1, 0.15) is 18.7 Å². The fourth-order valence-electron chi connectivity index (χ4n) is 2.24. The molecule has 0 saturated heterocycles. The predicted molar refractivity (Wildman–Crippen MR) is 100 cm³/mol. The minimum atomic E-state index is -0.548. The van der Waals surface area contributed by atoms with Crippen LogP contribution in [-0.4, -0.2) is 26.6 Å². The maximum atomic E-state index is 13.5. The van der Waals surface area contributed by atoms with E-state index < -0.39 is 11.7 Å². The first-order chi connectivity index (χ1) is 13.0. The zero-order chi connectivity index (χ0) is 19.2. The van der Waals surface area contributed by atoms with Gasteiger partial charge in [-0.25, -0.2) is 14.1 Å². The van der Waals surface area contributed by atoms with Crippen LogP contribution < -0.4 is 10.6 Å². The molecule has 7 nitrogen and oxygen atoms in total. The van der Waals surface area contributed by atoms with Crippen molar-refractivity contribution in [3.8, 4) is 0 Å². The number of rotatable bonds is 6. The molecule has 1 aromatic heterocycles. The summed E-state index contributed by atoms with van der Waals surface area (Å²) in [6.45, 7) is 0.371. The molecule has 0 aliphatic heterocycles. The molecule has 2 amide bonds. The summed E-state index contributed by atoms with van der Waals surface area (Å²) in [7, 11) is 0. The number of aromatic nitrogens is 3. The van der Waals surface area contributed by atoms with Crippen molar-refractivity contribution in [2.75, 3.05) is 5.32 Å². The third-order valence-electron chi connectivity index (χ3n) is 3.58. The van der Waals surface area contributed by atoms with Crippen molar-refractivity contribution in [2.45, 2.75) is 13.1 Å². The molecule has 2 N–H and O–H groups in total. The number of carbonyl (C=O) groups excluding carboxylic acids is 2. The number of benzene rings is 2. The van der Waals surface area contributed by atoms with Gasteiger partial charge >= 0.3 is 0 Å². The molecular weight excluding hydrogens is 417 g/mol. The first kappa shape index (κ1) is 18.7. The Bertz CT molecular complexity index is 961. The number of nitrogens with one attached hydrogen (secondary N) is 2. The van der Waals surface area contributed by atoms with Gasteiger partial charge in [0.05, 0.1) is 4.47 Å². The monoisotopic (exact) mass is 431 g/mol. The van der Waals surface area contributed by atoms with E-state index in [1.54, 1.807) is 0 Å². The molecule has 0 bridgehead atoms.